The molecule has 0 aliphatic rings. The Morgan fingerprint density at radius 1 is 1.30 bits per heavy atom. The zero-order valence-corrected chi connectivity index (χ0v) is 12.1. The third-order valence-electron chi connectivity index (χ3n) is 2.25. The number of nitro benzene ring substituents is 1. The summed E-state index contributed by atoms with van der Waals surface area (Å²) >= 11 is 0. The summed E-state index contributed by atoms with van der Waals surface area (Å²) in [6.07, 6.45) is -0.293. The van der Waals surface area contributed by atoms with Gasteiger partial charge in [-0.3, -0.25) is 19.7 Å². The SMILES string of the molecule is Br.NC(=O)C[C@H](N)C(=O)OCc1ccc([N+](=O)[O-])cc1. The number of hydrogen-bond acceptors (Lipinski definition) is 6. The highest BCUT2D eigenvalue weighted by Gasteiger charge is 2.17. The van der Waals surface area contributed by atoms with E-state index in [1.807, 2.05) is 0 Å². The van der Waals surface area contributed by atoms with E-state index in [0.29, 0.717) is 5.56 Å². The van der Waals surface area contributed by atoms with Crippen molar-refractivity contribution in [1.29, 1.82) is 0 Å². The van der Waals surface area contributed by atoms with Crippen molar-refractivity contribution in [3.63, 3.8) is 0 Å². The van der Waals surface area contributed by atoms with Crippen molar-refractivity contribution in [2.24, 2.45) is 11.5 Å². The first kappa shape index (κ1) is 18.0. The van der Waals surface area contributed by atoms with Crippen LogP contribution in [0.5, 0.6) is 0 Å². The fourth-order valence-electron chi connectivity index (χ4n) is 1.28. The van der Waals surface area contributed by atoms with Gasteiger partial charge < -0.3 is 16.2 Å². The molecule has 4 N–H and O–H groups in total. The summed E-state index contributed by atoms with van der Waals surface area (Å²) < 4.78 is 4.85. The monoisotopic (exact) mass is 347 g/mol. The highest BCUT2D eigenvalue weighted by molar-refractivity contribution is 8.93. The Morgan fingerprint density at radius 2 is 1.85 bits per heavy atom. The molecule has 0 fully saturated rings. The number of amides is 1. The first-order valence-electron chi connectivity index (χ1n) is 5.34. The number of halogens is 1. The fourth-order valence-corrected chi connectivity index (χ4v) is 1.28. The first-order chi connectivity index (χ1) is 8.90. The number of carbonyl (C=O) groups is 2. The molecule has 1 atom stereocenters. The molecule has 110 valence electrons. The van der Waals surface area contributed by atoms with Crippen LogP contribution in [-0.4, -0.2) is 22.8 Å². The molecule has 1 aromatic carbocycles. The van der Waals surface area contributed by atoms with Crippen molar-refractivity contribution in [1.82, 2.24) is 0 Å². The van der Waals surface area contributed by atoms with E-state index in [2.05, 4.69) is 0 Å². The number of benzene rings is 1. The minimum absolute atomic E-state index is 0. The van der Waals surface area contributed by atoms with Gasteiger partial charge in [0.2, 0.25) is 5.91 Å². The molecular weight excluding hydrogens is 334 g/mol. The molecular formula is C11H14BrN3O5. The molecule has 9 heteroatoms. The van der Waals surface area contributed by atoms with Crippen LogP contribution in [0.2, 0.25) is 0 Å². The van der Waals surface area contributed by atoms with Gasteiger partial charge in [0.1, 0.15) is 12.6 Å². The van der Waals surface area contributed by atoms with Gasteiger partial charge in [0.25, 0.3) is 5.69 Å². The average Bonchev–Trinajstić information content (AvgIpc) is 2.35. The highest BCUT2D eigenvalue weighted by Crippen LogP contribution is 2.12. The number of carbonyl (C=O) groups excluding carboxylic acids is 2. The number of esters is 1. The molecule has 1 rings (SSSR count). The van der Waals surface area contributed by atoms with E-state index in [9.17, 15) is 19.7 Å². The minimum atomic E-state index is -1.10. The predicted octanol–water partition coefficient (Wildman–Crippen LogP) is 0.419. The van der Waals surface area contributed by atoms with Crippen molar-refractivity contribution in [2.45, 2.75) is 19.1 Å². The Kier molecular flexibility index (Phi) is 7.40. The van der Waals surface area contributed by atoms with Gasteiger partial charge in [-0.25, -0.2) is 0 Å². The van der Waals surface area contributed by atoms with Crippen LogP contribution < -0.4 is 11.5 Å². The van der Waals surface area contributed by atoms with Crippen molar-refractivity contribution >= 4 is 34.5 Å². The van der Waals surface area contributed by atoms with E-state index in [0.717, 1.165) is 0 Å². The summed E-state index contributed by atoms with van der Waals surface area (Å²) in [5.41, 5.74) is 10.8. The number of nitrogens with two attached hydrogens (primary N) is 2. The van der Waals surface area contributed by atoms with Gasteiger partial charge in [-0.15, -0.1) is 17.0 Å². The maximum absolute atomic E-state index is 11.4. The molecule has 0 saturated heterocycles. The summed E-state index contributed by atoms with van der Waals surface area (Å²) in [4.78, 5) is 31.8. The van der Waals surface area contributed by atoms with Crippen LogP contribution in [0.25, 0.3) is 0 Å². The van der Waals surface area contributed by atoms with Crippen LogP contribution in [-0.2, 0) is 20.9 Å². The predicted molar refractivity (Wildman–Crippen MR) is 75.0 cm³/mol. The van der Waals surface area contributed by atoms with E-state index >= 15 is 0 Å². The Labute approximate surface area is 125 Å². The highest BCUT2D eigenvalue weighted by atomic mass is 79.9. The van der Waals surface area contributed by atoms with E-state index in [4.69, 9.17) is 16.2 Å². The van der Waals surface area contributed by atoms with Gasteiger partial charge in [-0.2, -0.15) is 0 Å². The first-order valence-corrected chi connectivity index (χ1v) is 5.34. The Balaban J connectivity index is 0.00000361. The van der Waals surface area contributed by atoms with E-state index in [1.54, 1.807) is 0 Å². The average molecular weight is 348 g/mol. The summed E-state index contributed by atoms with van der Waals surface area (Å²) in [5.74, 6) is -1.45. The second-order valence-corrected chi connectivity index (χ2v) is 3.81. The Bertz CT molecular complexity index is 491. The molecule has 0 bridgehead atoms. The zero-order chi connectivity index (χ0) is 14.4. The van der Waals surface area contributed by atoms with Crippen LogP contribution in [0.1, 0.15) is 12.0 Å². The van der Waals surface area contributed by atoms with Gasteiger partial charge in [-0.05, 0) is 17.7 Å². The number of primary amides is 1. The lowest BCUT2D eigenvalue weighted by atomic mass is 10.2. The molecule has 0 aliphatic carbocycles. The number of nitro groups is 1. The van der Waals surface area contributed by atoms with Gasteiger partial charge in [-0.1, -0.05) is 0 Å². The lowest BCUT2D eigenvalue weighted by Gasteiger charge is -2.09. The molecule has 0 heterocycles. The Hall–Kier alpha value is -2.00. The van der Waals surface area contributed by atoms with E-state index in [-0.39, 0.29) is 35.7 Å². The largest absolute Gasteiger partial charge is 0.460 e. The molecule has 0 spiro atoms. The maximum atomic E-state index is 11.4. The summed E-state index contributed by atoms with van der Waals surface area (Å²) in [6, 6.07) is 4.42. The summed E-state index contributed by atoms with van der Waals surface area (Å²) in [7, 11) is 0. The summed E-state index contributed by atoms with van der Waals surface area (Å²) in [5, 5.41) is 10.4. The quantitative estimate of drug-likeness (QED) is 0.434. The van der Waals surface area contributed by atoms with Gasteiger partial charge >= 0.3 is 5.97 Å². The molecule has 0 radical (unpaired) electrons. The third kappa shape index (κ3) is 5.76. The number of rotatable bonds is 6. The molecule has 0 aromatic heterocycles. The molecule has 1 aromatic rings. The smallest absolute Gasteiger partial charge is 0.323 e. The zero-order valence-electron chi connectivity index (χ0n) is 10.4. The van der Waals surface area contributed by atoms with Gasteiger partial charge in [0.05, 0.1) is 11.3 Å². The second-order valence-electron chi connectivity index (χ2n) is 3.81. The van der Waals surface area contributed by atoms with Gasteiger partial charge in [0.15, 0.2) is 0 Å². The lowest BCUT2D eigenvalue weighted by molar-refractivity contribution is -0.384. The molecule has 20 heavy (non-hydrogen) atoms. The van der Waals surface area contributed by atoms with Crippen molar-refractivity contribution in [3.05, 3.63) is 39.9 Å². The van der Waals surface area contributed by atoms with Crippen molar-refractivity contribution < 1.29 is 19.2 Å². The third-order valence-corrected chi connectivity index (χ3v) is 2.25. The molecule has 1 amide bonds. The Morgan fingerprint density at radius 3 is 2.30 bits per heavy atom. The molecule has 0 saturated carbocycles. The van der Waals surface area contributed by atoms with E-state index < -0.39 is 22.8 Å². The van der Waals surface area contributed by atoms with Gasteiger partial charge in [0, 0.05) is 12.1 Å². The lowest BCUT2D eigenvalue weighted by Crippen LogP contribution is -2.36. The molecule has 8 nitrogen and oxygen atoms in total. The number of hydrogen-bond donors (Lipinski definition) is 2. The normalized spacial score (nSPS) is 11.1. The van der Waals surface area contributed by atoms with Crippen LogP contribution in [0.3, 0.4) is 0 Å². The van der Waals surface area contributed by atoms with E-state index in [1.165, 1.54) is 24.3 Å². The summed E-state index contributed by atoms with van der Waals surface area (Å²) in [6.45, 7) is -0.0801. The number of ether oxygens (including phenoxy) is 1. The minimum Gasteiger partial charge on any atom is -0.460 e. The maximum Gasteiger partial charge on any atom is 0.323 e. The standard InChI is InChI=1S/C11H13N3O5.BrH/c12-9(5-10(13)15)11(16)19-6-7-1-3-8(4-2-7)14(17)18;/h1-4,9H,5-6,12H2,(H2,13,15);1H/t9-;/m0./s1. The van der Waals surface area contributed by atoms with Crippen LogP contribution in [0, 0.1) is 10.1 Å². The van der Waals surface area contributed by atoms with Crippen molar-refractivity contribution in [3.8, 4) is 0 Å². The van der Waals surface area contributed by atoms with Crippen LogP contribution in [0.15, 0.2) is 24.3 Å². The number of nitrogens with zero attached hydrogens (tertiary/aromatic N) is 1. The second kappa shape index (κ2) is 8.23. The molecule has 0 aliphatic heterocycles. The molecule has 0 unspecified atom stereocenters. The van der Waals surface area contributed by atoms with Crippen LogP contribution in [0.4, 0.5) is 5.69 Å². The van der Waals surface area contributed by atoms with Crippen molar-refractivity contribution in [2.75, 3.05) is 0 Å². The topological polar surface area (TPSA) is 139 Å². The van der Waals surface area contributed by atoms with Crippen LogP contribution >= 0.6 is 17.0 Å². The number of non-ortho nitro benzene ring substituents is 1. The fraction of sp³-hybridized carbons (Fsp3) is 0.273.